The third kappa shape index (κ3) is 1.68. The van der Waals surface area contributed by atoms with Gasteiger partial charge >= 0.3 is 0 Å². The quantitative estimate of drug-likeness (QED) is 0.905. The summed E-state index contributed by atoms with van der Waals surface area (Å²) in [5.74, 6) is 0.512. The van der Waals surface area contributed by atoms with Gasteiger partial charge in [0.1, 0.15) is 17.8 Å². The summed E-state index contributed by atoms with van der Waals surface area (Å²) in [4.78, 5) is 10.4. The SMILES string of the molecule is CN(C)Cc1c(Br)c2c(N)ncnc2n1C. The zero-order valence-electron chi connectivity index (χ0n) is 9.53. The number of anilines is 1. The highest BCUT2D eigenvalue weighted by atomic mass is 79.9. The Morgan fingerprint density at radius 2 is 2.12 bits per heavy atom. The summed E-state index contributed by atoms with van der Waals surface area (Å²) in [6.07, 6.45) is 1.49. The third-order valence-electron chi connectivity index (χ3n) is 2.52. The molecule has 5 nitrogen and oxygen atoms in total. The van der Waals surface area contributed by atoms with Gasteiger partial charge in [0.15, 0.2) is 0 Å². The maximum Gasteiger partial charge on any atom is 0.146 e. The monoisotopic (exact) mass is 283 g/mol. The molecule has 2 N–H and O–H groups in total. The van der Waals surface area contributed by atoms with Gasteiger partial charge in [-0.2, -0.15) is 0 Å². The number of fused-ring (bicyclic) bond motifs is 1. The molecule has 0 aliphatic heterocycles. The number of nitrogen functional groups attached to an aromatic ring is 1. The minimum absolute atomic E-state index is 0.512. The van der Waals surface area contributed by atoms with Crippen molar-refractivity contribution in [1.82, 2.24) is 19.4 Å². The maximum absolute atomic E-state index is 5.86. The molecule has 0 radical (unpaired) electrons. The number of aromatic nitrogens is 3. The van der Waals surface area contributed by atoms with Crippen LogP contribution >= 0.6 is 15.9 Å². The highest BCUT2D eigenvalue weighted by molar-refractivity contribution is 9.10. The lowest BCUT2D eigenvalue weighted by Crippen LogP contribution is -2.13. The van der Waals surface area contributed by atoms with E-state index in [1.807, 2.05) is 25.7 Å². The van der Waals surface area contributed by atoms with E-state index in [0.29, 0.717) is 5.82 Å². The van der Waals surface area contributed by atoms with Gasteiger partial charge in [-0.15, -0.1) is 0 Å². The van der Waals surface area contributed by atoms with Gasteiger partial charge in [0, 0.05) is 19.3 Å². The fraction of sp³-hybridized carbons (Fsp3) is 0.400. The van der Waals surface area contributed by atoms with Crippen molar-refractivity contribution in [3.63, 3.8) is 0 Å². The number of aryl methyl sites for hydroxylation is 1. The van der Waals surface area contributed by atoms with Crippen LogP contribution in [-0.2, 0) is 13.6 Å². The van der Waals surface area contributed by atoms with Crippen LogP contribution in [0, 0.1) is 0 Å². The van der Waals surface area contributed by atoms with Gasteiger partial charge in [-0.25, -0.2) is 9.97 Å². The molecule has 86 valence electrons. The van der Waals surface area contributed by atoms with Crippen molar-refractivity contribution in [2.75, 3.05) is 19.8 Å². The van der Waals surface area contributed by atoms with Crippen molar-refractivity contribution in [2.24, 2.45) is 7.05 Å². The van der Waals surface area contributed by atoms with Crippen LogP contribution < -0.4 is 5.73 Å². The summed E-state index contributed by atoms with van der Waals surface area (Å²) >= 11 is 3.57. The molecule has 0 unspecified atom stereocenters. The standard InChI is InChI=1S/C10H14BrN5/c1-15(2)4-6-8(11)7-9(12)13-5-14-10(7)16(6)3/h5H,4H2,1-3H3,(H2,12,13,14). The number of hydrogen-bond acceptors (Lipinski definition) is 4. The molecule has 0 aromatic carbocycles. The normalized spacial score (nSPS) is 11.6. The fourth-order valence-corrected chi connectivity index (χ4v) is 2.52. The molecule has 0 aliphatic carbocycles. The summed E-state index contributed by atoms with van der Waals surface area (Å²) in [7, 11) is 6.04. The maximum atomic E-state index is 5.86. The van der Waals surface area contributed by atoms with E-state index in [1.54, 1.807) is 0 Å². The lowest BCUT2D eigenvalue weighted by Gasteiger charge is -2.10. The van der Waals surface area contributed by atoms with E-state index in [9.17, 15) is 0 Å². The Hall–Kier alpha value is -1.14. The number of nitrogens with zero attached hydrogens (tertiary/aromatic N) is 4. The zero-order chi connectivity index (χ0) is 11.9. The average molecular weight is 284 g/mol. The van der Waals surface area contributed by atoms with Crippen molar-refractivity contribution in [3.8, 4) is 0 Å². The molecule has 6 heteroatoms. The van der Waals surface area contributed by atoms with E-state index >= 15 is 0 Å². The Morgan fingerprint density at radius 1 is 1.44 bits per heavy atom. The number of hydrogen-bond donors (Lipinski definition) is 1. The van der Waals surface area contributed by atoms with Crippen LogP contribution in [0.4, 0.5) is 5.82 Å². The molecule has 16 heavy (non-hydrogen) atoms. The molecular weight excluding hydrogens is 270 g/mol. The third-order valence-corrected chi connectivity index (χ3v) is 3.37. The fourth-order valence-electron chi connectivity index (χ4n) is 1.75. The molecule has 2 heterocycles. The van der Waals surface area contributed by atoms with E-state index in [0.717, 1.165) is 27.7 Å². The van der Waals surface area contributed by atoms with Gasteiger partial charge < -0.3 is 15.2 Å². The summed E-state index contributed by atoms with van der Waals surface area (Å²) < 4.78 is 3.02. The second-order valence-electron chi connectivity index (χ2n) is 4.01. The summed E-state index contributed by atoms with van der Waals surface area (Å²) in [5, 5.41) is 0.891. The molecule has 0 bridgehead atoms. The van der Waals surface area contributed by atoms with E-state index in [4.69, 9.17) is 5.73 Å². The first-order valence-electron chi connectivity index (χ1n) is 4.90. The lowest BCUT2D eigenvalue weighted by atomic mass is 10.3. The zero-order valence-corrected chi connectivity index (χ0v) is 11.1. The lowest BCUT2D eigenvalue weighted by molar-refractivity contribution is 0.391. The molecule has 0 amide bonds. The molecule has 0 aliphatic rings. The van der Waals surface area contributed by atoms with Gasteiger partial charge in [0.05, 0.1) is 9.86 Å². The number of halogens is 1. The molecule has 0 atom stereocenters. The van der Waals surface area contributed by atoms with Crippen molar-refractivity contribution >= 4 is 32.8 Å². The first-order chi connectivity index (χ1) is 7.52. The van der Waals surface area contributed by atoms with E-state index in [-0.39, 0.29) is 0 Å². The van der Waals surface area contributed by atoms with Crippen LogP contribution in [0.1, 0.15) is 5.69 Å². The number of rotatable bonds is 2. The summed E-state index contributed by atoms with van der Waals surface area (Å²) in [6, 6.07) is 0. The minimum Gasteiger partial charge on any atom is -0.383 e. The van der Waals surface area contributed by atoms with Crippen LogP contribution in [-0.4, -0.2) is 33.5 Å². The second-order valence-corrected chi connectivity index (χ2v) is 4.81. The van der Waals surface area contributed by atoms with Crippen LogP contribution in [0.2, 0.25) is 0 Å². The Labute approximate surface area is 102 Å². The smallest absolute Gasteiger partial charge is 0.146 e. The van der Waals surface area contributed by atoms with Crippen LogP contribution in [0.25, 0.3) is 11.0 Å². The highest BCUT2D eigenvalue weighted by Gasteiger charge is 2.16. The molecular formula is C10H14BrN5. The Bertz CT molecular complexity index is 531. The van der Waals surface area contributed by atoms with Gasteiger partial charge in [-0.3, -0.25) is 0 Å². The van der Waals surface area contributed by atoms with Crippen LogP contribution in [0.15, 0.2) is 10.8 Å². The van der Waals surface area contributed by atoms with Gasteiger partial charge in [0.25, 0.3) is 0 Å². The second kappa shape index (κ2) is 4.03. The van der Waals surface area contributed by atoms with E-state index < -0.39 is 0 Å². The van der Waals surface area contributed by atoms with Crippen LogP contribution in [0.5, 0.6) is 0 Å². The Kier molecular flexibility index (Phi) is 2.86. The largest absolute Gasteiger partial charge is 0.383 e. The highest BCUT2D eigenvalue weighted by Crippen LogP contribution is 2.32. The van der Waals surface area contributed by atoms with Gasteiger partial charge in [0.2, 0.25) is 0 Å². The Morgan fingerprint density at radius 3 is 2.69 bits per heavy atom. The van der Waals surface area contributed by atoms with Crippen molar-refractivity contribution in [2.45, 2.75) is 6.54 Å². The molecule has 2 aromatic rings. The predicted octanol–water partition coefficient (Wildman–Crippen LogP) is 1.37. The van der Waals surface area contributed by atoms with Crippen molar-refractivity contribution in [3.05, 3.63) is 16.5 Å². The molecule has 2 rings (SSSR count). The molecule has 0 saturated heterocycles. The van der Waals surface area contributed by atoms with Crippen molar-refractivity contribution in [1.29, 1.82) is 0 Å². The van der Waals surface area contributed by atoms with E-state index in [2.05, 4.69) is 30.8 Å². The van der Waals surface area contributed by atoms with E-state index in [1.165, 1.54) is 6.33 Å². The molecule has 0 spiro atoms. The average Bonchev–Trinajstić information content (AvgIpc) is 2.44. The topological polar surface area (TPSA) is 60.0 Å². The van der Waals surface area contributed by atoms with Crippen molar-refractivity contribution < 1.29 is 0 Å². The Balaban J connectivity index is 2.72. The number of nitrogens with two attached hydrogens (primary N) is 1. The predicted molar refractivity (Wildman–Crippen MR) is 68.0 cm³/mol. The van der Waals surface area contributed by atoms with Gasteiger partial charge in [-0.1, -0.05) is 0 Å². The minimum atomic E-state index is 0.512. The first kappa shape index (κ1) is 11.3. The molecule has 0 saturated carbocycles. The first-order valence-corrected chi connectivity index (χ1v) is 5.69. The molecule has 0 fully saturated rings. The van der Waals surface area contributed by atoms with Crippen LogP contribution in [0.3, 0.4) is 0 Å². The van der Waals surface area contributed by atoms with Gasteiger partial charge in [-0.05, 0) is 30.0 Å². The summed E-state index contributed by atoms with van der Waals surface area (Å²) in [5.41, 5.74) is 7.87. The molecule has 2 aromatic heterocycles. The summed E-state index contributed by atoms with van der Waals surface area (Å²) in [6.45, 7) is 0.826.